The summed E-state index contributed by atoms with van der Waals surface area (Å²) in [5.74, 6) is -0.123. The van der Waals surface area contributed by atoms with E-state index in [0.29, 0.717) is 11.1 Å². The average molecular weight is 398 g/mol. The van der Waals surface area contributed by atoms with Gasteiger partial charge in [-0.1, -0.05) is 43.3 Å². The zero-order chi connectivity index (χ0) is 21.3. The molecule has 0 aliphatic rings. The molecule has 0 fully saturated rings. The molecule has 3 rings (SSSR count). The maximum atomic E-state index is 12.7. The Labute approximate surface area is 170 Å². The number of ether oxygens (including phenoxy) is 1. The van der Waals surface area contributed by atoms with E-state index in [2.05, 4.69) is 48.9 Å². The minimum absolute atomic E-state index is 0.123. The number of rotatable bonds is 4. The molecule has 0 spiro atoms. The van der Waals surface area contributed by atoms with E-state index in [4.69, 9.17) is 0 Å². The first-order valence-corrected chi connectivity index (χ1v) is 9.67. The van der Waals surface area contributed by atoms with Gasteiger partial charge in [0, 0.05) is 0 Å². The summed E-state index contributed by atoms with van der Waals surface area (Å²) in [4.78, 5) is 0. The molecule has 152 valence electrons. The molecule has 0 aliphatic heterocycles. The molecule has 0 aliphatic carbocycles. The van der Waals surface area contributed by atoms with Crippen molar-refractivity contribution in [2.45, 2.75) is 47.4 Å². The molecule has 0 N–H and O–H groups in total. The molecule has 3 aromatic rings. The lowest BCUT2D eigenvalue weighted by Gasteiger charge is -2.17. The summed E-state index contributed by atoms with van der Waals surface area (Å²) in [6.45, 7) is 9.56. The second kappa shape index (κ2) is 7.94. The van der Waals surface area contributed by atoms with Gasteiger partial charge in [0.2, 0.25) is 0 Å². The number of hydrogen-bond donors (Lipinski definition) is 0. The van der Waals surface area contributed by atoms with Crippen LogP contribution < -0.4 is 4.74 Å². The predicted molar refractivity (Wildman–Crippen MR) is 112 cm³/mol. The van der Waals surface area contributed by atoms with Crippen LogP contribution in [0.5, 0.6) is 5.75 Å². The maximum Gasteiger partial charge on any atom is 0.573 e. The second-order valence-corrected chi connectivity index (χ2v) is 7.52. The lowest BCUT2D eigenvalue weighted by Crippen LogP contribution is -2.18. The third-order valence-corrected chi connectivity index (χ3v) is 5.23. The molecule has 3 aromatic carbocycles. The van der Waals surface area contributed by atoms with Crippen molar-refractivity contribution in [2.75, 3.05) is 0 Å². The second-order valence-electron chi connectivity index (χ2n) is 7.52. The van der Waals surface area contributed by atoms with Crippen LogP contribution >= 0.6 is 0 Å². The molecular weight excluding hydrogens is 373 g/mol. The van der Waals surface area contributed by atoms with Crippen LogP contribution in [-0.4, -0.2) is 6.36 Å². The Hall–Kier alpha value is -2.75. The van der Waals surface area contributed by atoms with E-state index < -0.39 is 6.36 Å². The van der Waals surface area contributed by atoms with Crippen LogP contribution in [0.3, 0.4) is 0 Å². The number of aryl methyl sites for hydroxylation is 5. The highest BCUT2D eigenvalue weighted by Crippen LogP contribution is 2.36. The Morgan fingerprint density at radius 3 is 1.72 bits per heavy atom. The molecule has 0 unspecified atom stereocenters. The highest BCUT2D eigenvalue weighted by molar-refractivity contribution is 5.76. The minimum atomic E-state index is -4.69. The fourth-order valence-electron chi connectivity index (χ4n) is 3.81. The van der Waals surface area contributed by atoms with Gasteiger partial charge in [-0.3, -0.25) is 0 Å². The van der Waals surface area contributed by atoms with Crippen molar-refractivity contribution >= 4 is 0 Å². The molecule has 4 heteroatoms. The van der Waals surface area contributed by atoms with E-state index >= 15 is 0 Å². The zero-order valence-corrected chi connectivity index (χ0v) is 17.4. The van der Waals surface area contributed by atoms with Gasteiger partial charge in [0.15, 0.2) is 0 Å². The van der Waals surface area contributed by atoms with Crippen LogP contribution in [0.4, 0.5) is 13.2 Å². The van der Waals surface area contributed by atoms with Gasteiger partial charge in [-0.25, -0.2) is 0 Å². The van der Waals surface area contributed by atoms with Crippen molar-refractivity contribution in [3.63, 3.8) is 0 Å². The van der Waals surface area contributed by atoms with Crippen LogP contribution in [-0.2, 0) is 6.42 Å². The third kappa shape index (κ3) is 4.64. The summed E-state index contributed by atoms with van der Waals surface area (Å²) >= 11 is 0. The maximum absolute atomic E-state index is 12.7. The van der Waals surface area contributed by atoms with Crippen LogP contribution in [0.25, 0.3) is 22.3 Å². The molecule has 0 atom stereocenters. The monoisotopic (exact) mass is 398 g/mol. The van der Waals surface area contributed by atoms with Gasteiger partial charge < -0.3 is 4.74 Å². The molecule has 1 nitrogen and oxygen atoms in total. The summed E-state index contributed by atoms with van der Waals surface area (Å²) in [5, 5.41) is 0. The van der Waals surface area contributed by atoms with Gasteiger partial charge in [-0.2, -0.15) is 0 Å². The highest BCUT2D eigenvalue weighted by atomic mass is 19.4. The summed E-state index contributed by atoms with van der Waals surface area (Å²) in [7, 11) is 0. The van der Waals surface area contributed by atoms with Gasteiger partial charge in [-0.05, 0) is 96.3 Å². The van der Waals surface area contributed by atoms with E-state index in [1.165, 1.54) is 16.7 Å². The first kappa shape index (κ1) is 21.0. The number of benzene rings is 3. The fraction of sp³-hybridized carbons (Fsp3) is 0.280. The van der Waals surface area contributed by atoms with E-state index in [-0.39, 0.29) is 5.75 Å². The van der Waals surface area contributed by atoms with Crippen molar-refractivity contribution in [1.82, 2.24) is 0 Å². The predicted octanol–water partition coefficient (Wildman–Crippen LogP) is 7.72. The molecule has 0 amide bonds. The quantitative estimate of drug-likeness (QED) is 0.437. The Kier molecular flexibility index (Phi) is 5.74. The van der Waals surface area contributed by atoms with Crippen molar-refractivity contribution in [2.24, 2.45) is 0 Å². The zero-order valence-electron chi connectivity index (χ0n) is 17.4. The Morgan fingerprint density at radius 1 is 0.690 bits per heavy atom. The minimum Gasteiger partial charge on any atom is -0.405 e. The molecule has 0 heterocycles. The Balaban J connectivity index is 1.99. The highest BCUT2D eigenvalue weighted by Gasteiger charge is 2.32. The molecule has 0 saturated heterocycles. The van der Waals surface area contributed by atoms with Gasteiger partial charge in [0.25, 0.3) is 0 Å². The molecule has 29 heavy (non-hydrogen) atoms. The fourth-order valence-corrected chi connectivity index (χ4v) is 3.81. The van der Waals surface area contributed by atoms with Crippen molar-refractivity contribution < 1.29 is 17.9 Å². The first-order valence-electron chi connectivity index (χ1n) is 9.67. The van der Waals surface area contributed by atoms with Crippen LogP contribution in [0.1, 0.15) is 34.7 Å². The van der Waals surface area contributed by atoms with Crippen molar-refractivity contribution in [1.29, 1.82) is 0 Å². The van der Waals surface area contributed by atoms with Crippen molar-refractivity contribution in [3.8, 4) is 28.0 Å². The summed E-state index contributed by atoms with van der Waals surface area (Å²) in [5.41, 5.74) is 8.76. The number of alkyl halides is 3. The van der Waals surface area contributed by atoms with Crippen LogP contribution in [0.15, 0.2) is 48.5 Å². The van der Waals surface area contributed by atoms with Crippen molar-refractivity contribution in [3.05, 3.63) is 76.3 Å². The normalized spacial score (nSPS) is 11.6. The van der Waals surface area contributed by atoms with Gasteiger partial charge in [0.1, 0.15) is 5.75 Å². The van der Waals surface area contributed by atoms with E-state index in [1.807, 2.05) is 13.0 Å². The largest absolute Gasteiger partial charge is 0.573 e. The lowest BCUT2D eigenvalue weighted by atomic mass is 9.92. The van der Waals surface area contributed by atoms with Gasteiger partial charge in [0.05, 0.1) is 0 Å². The topological polar surface area (TPSA) is 9.23 Å². The number of halogens is 3. The summed E-state index contributed by atoms with van der Waals surface area (Å²) < 4.78 is 42.2. The van der Waals surface area contributed by atoms with Gasteiger partial charge in [-0.15, -0.1) is 13.2 Å². The molecule has 0 aromatic heterocycles. The third-order valence-electron chi connectivity index (χ3n) is 5.23. The summed E-state index contributed by atoms with van der Waals surface area (Å²) in [6.07, 6.45) is -3.69. The first-order chi connectivity index (χ1) is 13.6. The number of hydrogen-bond acceptors (Lipinski definition) is 1. The van der Waals surface area contributed by atoms with Crippen LogP contribution in [0.2, 0.25) is 0 Å². The van der Waals surface area contributed by atoms with Crippen LogP contribution in [0, 0.1) is 27.7 Å². The standard InChI is InChI=1S/C25H25F3O/c1-6-19-7-9-22(15(2)11-19)20-8-10-23(16(3)12-20)21-13-17(4)24(18(5)14-21)29-25(26,27)28/h7-14H,6H2,1-5H3. The smallest absolute Gasteiger partial charge is 0.405 e. The lowest BCUT2D eigenvalue weighted by molar-refractivity contribution is -0.275. The van der Waals surface area contributed by atoms with Gasteiger partial charge >= 0.3 is 6.36 Å². The molecular formula is C25H25F3O. The van der Waals surface area contributed by atoms with E-state index in [0.717, 1.165) is 28.7 Å². The Bertz CT molecular complexity index is 1030. The molecule has 0 radical (unpaired) electrons. The summed E-state index contributed by atoms with van der Waals surface area (Å²) in [6, 6.07) is 16.3. The molecule has 0 bridgehead atoms. The SMILES string of the molecule is CCc1ccc(-c2ccc(-c3cc(C)c(OC(F)(F)F)c(C)c3)c(C)c2)c(C)c1. The Morgan fingerprint density at radius 2 is 1.21 bits per heavy atom. The van der Waals surface area contributed by atoms with E-state index in [1.54, 1.807) is 26.0 Å². The molecule has 0 saturated carbocycles. The van der Waals surface area contributed by atoms with E-state index in [9.17, 15) is 13.2 Å². The average Bonchev–Trinajstić information content (AvgIpc) is 2.63.